The molecule has 0 aliphatic carbocycles. The lowest BCUT2D eigenvalue weighted by Gasteiger charge is -2.12. The molecule has 0 saturated carbocycles. The first-order chi connectivity index (χ1) is 14.5. The van der Waals surface area contributed by atoms with Crippen molar-refractivity contribution in [3.05, 3.63) is 70.9 Å². The first kappa shape index (κ1) is 22.5. The Bertz CT molecular complexity index is 1210. The van der Waals surface area contributed by atoms with Crippen molar-refractivity contribution >= 4 is 16.1 Å². The molecule has 0 atom stereocenters. The normalized spacial score (nSPS) is 11.9. The standard InChI is InChI=1S/C22H24N2O6S/c1-14-10-11-15(2)18(12-14)31(26,27)30-17-9-7-6-8-16(17)20(25)28-13-19-23-21(24-29-19)22(3,4)5/h6-12H,13H2,1-5H3. The average Bonchev–Trinajstić information content (AvgIpc) is 3.17. The second-order valence-electron chi connectivity index (χ2n) is 8.14. The Labute approximate surface area is 181 Å². The summed E-state index contributed by atoms with van der Waals surface area (Å²) in [7, 11) is -4.15. The number of rotatable bonds is 6. The predicted molar refractivity (Wildman–Crippen MR) is 112 cm³/mol. The van der Waals surface area contributed by atoms with Gasteiger partial charge in [-0.1, -0.05) is 50.2 Å². The van der Waals surface area contributed by atoms with E-state index in [1.807, 2.05) is 26.8 Å². The molecule has 2 aromatic carbocycles. The Morgan fingerprint density at radius 3 is 2.48 bits per heavy atom. The van der Waals surface area contributed by atoms with E-state index in [0.29, 0.717) is 11.4 Å². The van der Waals surface area contributed by atoms with Gasteiger partial charge in [-0.25, -0.2) is 4.79 Å². The predicted octanol–water partition coefficient (Wildman–Crippen LogP) is 4.11. The van der Waals surface area contributed by atoms with E-state index >= 15 is 0 Å². The molecule has 3 rings (SSSR count). The highest BCUT2D eigenvalue weighted by Crippen LogP contribution is 2.26. The van der Waals surface area contributed by atoms with Gasteiger partial charge in [-0.05, 0) is 43.2 Å². The van der Waals surface area contributed by atoms with E-state index in [-0.39, 0.29) is 34.1 Å². The molecule has 0 spiro atoms. The molecule has 1 aromatic heterocycles. The fourth-order valence-corrected chi connectivity index (χ4v) is 3.93. The fraction of sp³-hybridized carbons (Fsp3) is 0.318. The van der Waals surface area contributed by atoms with Gasteiger partial charge < -0.3 is 13.4 Å². The van der Waals surface area contributed by atoms with Gasteiger partial charge in [0.05, 0.1) is 0 Å². The zero-order chi connectivity index (χ0) is 22.8. The number of ether oxygens (including phenoxy) is 1. The quantitative estimate of drug-likeness (QED) is 0.413. The Hall–Kier alpha value is -3.20. The molecule has 0 bridgehead atoms. The third kappa shape index (κ3) is 5.29. The van der Waals surface area contributed by atoms with Crippen LogP contribution in [-0.4, -0.2) is 24.5 Å². The molecule has 0 aliphatic rings. The Morgan fingerprint density at radius 1 is 1.10 bits per heavy atom. The molecule has 3 aromatic rings. The molecule has 0 unspecified atom stereocenters. The Kier molecular flexibility index (Phi) is 6.17. The first-order valence-corrected chi connectivity index (χ1v) is 11.0. The van der Waals surface area contributed by atoms with Gasteiger partial charge in [-0.2, -0.15) is 13.4 Å². The number of carbonyl (C=O) groups is 1. The van der Waals surface area contributed by atoms with Gasteiger partial charge in [0.1, 0.15) is 10.5 Å². The summed E-state index contributed by atoms with van der Waals surface area (Å²) in [6.07, 6.45) is 0. The summed E-state index contributed by atoms with van der Waals surface area (Å²) in [5.41, 5.74) is 0.965. The van der Waals surface area contributed by atoms with Crippen molar-refractivity contribution in [1.29, 1.82) is 0 Å². The minimum Gasteiger partial charge on any atom is -0.452 e. The van der Waals surface area contributed by atoms with Crippen molar-refractivity contribution < 1.29 is 26.7 Å². The molecule has 9 heteroatoms. The highest BCUT2D eigenvalue weighted by atomic mass is 32.2. The lowest BCUT2D eigenvalue weighted by Crippen LogP contribution is -2.15. The molecule has 0 aliphatic heterocycles. The second-order valence-corrected chi connectivity index (χ2v) is 9.66. The van der Waals surface area contributed by atoms with Gasteiger partial charge >= 0.3 is 16.1 Å². The van der Waals surface area contributed by atoms with Crippen molar-refractivity contribution in [3.63, 3.8) is 0 Å². The smallest absolute Gasteiger partial charge is 0.342 e. The summed E-state index contributed by atoms with van der Waals surface area (Å²) in [5, 5.41) is 3.87. The van der Waals surface area contributed by atoms with E-state index in [4.69, 9.17) is 13.4 Å². The topological polar surface area (TPSA) is 109 Å². The van der Waals surface area contributed by atoms with Gasteiger partial charge in [-0.15, -0.1) is 0 Å². The van der Waals surface area contributed by atoms with Crippen LogP contribution in [0.4, 0.5) is 0 Å². The zero-order valence-electron chi connectivity index (χ0n) is 18.0. The van der Waals surface area contributed by atoms with Crippen molar-refractivity contribution in [2.45, 2.75) is 51.5 Å². The fourth-order valence-electron chi connectivity index (χ4n) is 2.67. The summed E-state index contributed by atoms with van der Waals surface area (Å²) >= 11 is 0. The molecular formula is C22H24N2O6S. The maximum Gasteiger partial charge on any atom is 0.342 e. The van der Waals surface area contributed by atoms with Crippen LogP contribution in [0.5, 0.6) is 5.75 Å². The van der Waals surface area contributed by atoms with Gasteiger partial charge in [0, 0.05) is 5.41 Å². The summed E-state index contributed by atoms with van der Waals surface area (Å²) in [4.78, 5) is 16.8. The van der Waals surface area contributed by atoms with E-state index in [1.165, 1.54) is 18.2 Å². The summed E-state index contributed by atoms with van der Waals surface area (Å²) in [6, 6.07) is 11.0. The van der Waals surface area contributed by atoms with E-state index in [1.54, 1.807) is 32.0 Å². The molecule has 1 heterocycles. The maximum atomic E-state index is 12.8. The molecule has 0 amide bonds. The SMILES string of the molecule is Cc1ccc(C)c(S(=O)(=O)Oc2ccccc2C(=O)OCc2nc(C(C)(C)C)no2)c1. The van der Waals surface area contributed by atoms with Gasteiger partial charge in [0.25, 0.3) is 5.89 Å². The van der Waals surface area contributed by atoms with Crippen molar-refractivity contribution in [2.24, 2.45) is 0 Å². The molecule has 0 fully saturated rings. The Balaban J connectivity index is 1.79. The summed E-state index contributed by atoms with van der Waals surface area (Å²) in [5.74, 6) is -0.279. The van der Waals surface area contributed by atoms with Crippen molar-refractivity contribution in [1.82, 2.24) is 10.1 Å². The molecule has 8 nitrogen and oxygen atoms in total. The second kappa shape index (κ2) is 8.50. The Morgan fingerprint density at radius 2 is 1.81 bits per heavy atom. The molecular weight excluding hydrogens is 420 g/mol. The van der Waals surface area contributed by atoms with Crippen LogP contribution in [0, 0.1) is 13.8 Å². The van der Waals surface area contributed by atoms with E-state index in [9.17, 15) is 13.2 Å². The zero-order valence-corrected chi connectivity index (χ0v) is 18.8. The minimum absolute atomic E-state index is 0.0352. The highest BCUT2D eigenvalue weighted by Gasteiger charge is 2.25. The monoisotopic (exact) mass is 444 g/mol. The first-order valence-electron chi connectivity index (χ1n) is 9.58. The van der Waals surface area contributed by atoms with Gasteiger partial charge in [-0.3, -0.25) is 0 Å². The number of hydrogen-bond acceptors (Lipinski definition) is 8. The van der Waals surface area contributed by atoms with Crippen LogP contribution in [0.25, 0.3) is 0 Å². The number of aryl methyl sites for hydroxylation is 2. The number of esters is 1. The molecule has 164 valence electrons. The maximum absolute atomic E-state index is 12.8. The highest BCUT2D eigenvalue weighted by molar-refractivity contribution is 7.87. The number of nitrogens with zero attached hydrogens (tertiary/aromatic N) is 2. The van der Waals surface area contributed by atoms with Crippen LogP contribution in [-0.2, 0) is 26.9 Å². The number of carbonyl (C=O) groups excluding carboxylic acids is 1. The third-order valence-electron chi connectivity index (χ3n) is 4.39. The van der Waals surface area contributed by atoms with E-state index in [2.05, 4.69) is 10.1 Å². The van der Waals surface area contributed by atoms with Crippen LogP contribution in [0.15, 0.2) is 51.9 Å². The van der Waals surface area contributed by atoms with Crippen LogP contribution >= 0.6 is 0 Å². The number of aromatic nitrogens is 2. The van der Waals surface area contributed by atoms with E-state index < -0.39 is 16.1 Å². The summed E-state index contributed by atoms with van der Waals surface area (Å²) in [6.45, 7) is 8.99. The number of para-hydroxylation sites is 1. The van der Waals surface area contributed by atoms with Crippen LogP contribution in [0.3, 0.4) is 0 Å². The largest absolute Gasteiger partial charge is 0.452 e. The number of hydrogen-bond donors (Lipinski definition) is 0. The van der Waals surface area contributed by atoms with Crippen molar-refractivity contribution in [2.75, 3.05) is 0 Å². The summed E-state index contributed by atoms with van der Waals surface area (Å²) < 4.78 is 41.3. The average molecular weight is 445 g/mol. The van der Waals surface area contributed by atoms with E-state index in [0.717, 1.165) is 5.56 Å². The molecule has 0 saturated heterocycles. The third-order valence-corrected chi connectivity index (χ3v) is 5.76. The molecule has 0 N–H and O–H groups in total. The van der Waals surface area contributed by atoms with Crippen LogP contribution in [0.2, 0.25) is 0 Å². The van der Waals surface area contributed by atoms with Gasteiger partial charge in [0.15, 0.2) is 18.2 Å². The van der Waals surface area contributed by atoms with Crippen LogP contribution in [0.1, 0.15) is 54.0 Å². The van der Waals surface area contributed by atoms with Crippen molar-refractivity contribution in [3.8, 4) is 5.75 Å². The number of benzene rings is 2. The molecule has 0 radical (unpaired) electrons. The lowest BCUT2D eigenvalue weighted by atomic mass is 9.96. The molecule has 31 heavy (non-hydrogen) atoms. The lowest BCUT2D eigenvalue weighted by molar-refractivity contribution is 0.0428. The van der Waals surface area contributed by atoms with Gasteiger partial charge in [0.2, 0.25) is 0 Å². The van der Waals surface area contributed by atoms with Crippen LogP contribution < -0.4 is 4.18 Å². The minimum atomic E-state index is -4.15.